The molecular formula is C10H12ClNO4. The van der Waals surface area contributed by atoms with Crippen LogP contribution in [-0.4, -0.2) is 23.0 Å². The number of aliphatic carboxylic acids is 1. The van der Waals surface area contributed by atoms with Crippen molar-refractivity contribution in [1.82, 2.24) is 5.32 Å². The van der Waals surface area contributed by atoms with E-state index in [1.807, 2.05) is 0 Å². The van der Waals surface area contributed by atoms with E-state index in [1.165, 1.54) is 12.3 Å². The van der Waals surface area contributed by atoms with Gasteiger partial charge in [0, 0.05) is 6.04 Å². The third kappa shape index (κ3) is 3.27. The Bertz CT molecular complexity index is 388. The molecule has 88 valence electrons. The number of amides is 1. The molecule has 16 heavy (non-hydrogen) atoms. The minimum Gasteiger partial charge on any atom is -0.481 e. The summed E-state index contributed by atoms with van der Waals surface area (Å²) in [7, 11) is 0. The molecule has 1 heterocycles. The fourth-order valence-electron chi connectivity index (χ4n) is 1.23. The van der Waals surface area contributed by atoms with Crippen LogP contribution < -0.4 is 5.32 Å². The van der Waals surface area contributed by atoms with Gasteiger partial charge in [-0.15, -0.1) is 0 Å². The maximum Gasteiger partial charge on any atom is 0.305 e. The summed E-state index contributed by atoms with van der Waals surface area (Å²) in [6, 6.07) is 1.03. The second kappa shape index (κ2) is 5.55. The van der Waals surface area contributed by atoms with Gasteiger partial charge in [0.15, 0.2) is 0 Å². The van der Waals surface area contributed by atoms with Crippen LogP contribution in [0, 0.1) is 0 Å². The van der Waals surface area contributed by atoms with E-state index < -0.39 is 17.9 Å². The number of carboxylic acid groups (broad SMARTS) is 1. The zero-order chi connectivity index (χ0) is 12.1. The van der Waals surface area contributed by atoms with E-state index in [2.05, 4.69) is 5.32 Å². The van der Waals surface area contributed by atoms with Gasteiger partial charge in [-0.25, -0.2) is 0 Å². The lowest BCUT2D eigenvalue weighted by Crippen LogP contribution is -2.35. The monoisotopic (exact) mass is 245 g/mol. The molecule has 1 atom stereocenters. The van der Waals surface area contributed by atoms with Crippen molar-refractivity contribution in [2.24, 2.45) is 0 Å². The molecule has 0 aliphatic carbocycles. The third-order valence-electron chi connectivity index (χ3n) is 2.11. The third-order valence-corrected chi connectivity index (χ3v) is 2.40. The Morgan fingerprint density at radius 2 is 2.31 bits per heavy atom. The summed E-state index contributed by atoms with van der Waals surface area (Å²) < 4.78 is 4.77. The molecule has 1 aromatic heterocycles. The Morgan fingerprint density at radius 1 is 1.62 bits per heavy atom. The average molecular weight is 246 g/mol. The van der Waals surface area contributed by atoms with E-state index >= 15 is 0 Å². The molecule has 1 aromatic rings. The minimum atomic E-state index is -0.953. The lowest BCUT2D eigenvalue weighted by Gasteiger charge is -2.13. The van der Waals surface area contributed by atoms with E-state index in [-0.39, 0.29) is 17.2 Å². The summed E-state index contributed by atoms with van der Waals surface area (Å²) in [5.74, 6) is -1.38. The summed E-state index contributed by atoms with van der Waals surface area (Å²) >= 11 is 5.62. The van der Waals surface area contributed by atoms with Crippen molar-refractivity contribution in [3.63, 3.8) is 0 Å². The summed E-state index contributed by atoms with van der Waals surface area (Å²) in [4.78, 5) is 22.1. The van der Waals surface area contributed by atoms with Gasteiger partial charge < -0.3 is 14.8 Å². The van der Waals surface area contributed by atoms with Crippen LogP contribution in [0.3, 0.4) is 0 Å². The highest BCUT2D eigenvalue weighted by Crippen LogP contribution is 2.16. The highest BCUT2D eigenvalue weighted by Gasteiger charge is 2.18. The lowest BCUT2D eigenvalue weighted by atomic mass is 10.1. The topological polar surface area (TPSA) is 79.5 Å². The number of nitrogens with one attached hydrogen (secondary N) is 1. The van der Waals surface area contributed by atoms with Gasteiger partial charge in [0.05, 0.1) is 18.2 Å². The maximum absolute atomic E-state index is 11.6. The van der Waals surface area contributed by atoms with Gasteiger partial charge in [-0.05, 0) is 24.1 Å². The SMILES string of the molecule is CCC(CC(=O)O)NC(=O)c1ccoc1Cl. The normalized spacial score (nSPS) is 12.1. The van der Waals surface area contributed by atoms with Gasteiger partial charge in [0.1, 0.15) is 0 Å². The number of carboxylic acids is 1. The van der Waals surface area contributed by atoms with Crippen molar-refractivity contribution in [3.8, 4) is 0 Å². The van der Waals surface area contributed by atoms with Crippen molar-refractivity contribution < 1.29 is 19.1 Å². The molecule has 0 fully saturated rings. The van der Waals surface area contributed by atoms with Crippen molar-refractivity contribution in [1.29, 1.82) is 0 Å². The van der Waals surface area contributed by atoms with Crippen molar-refractivity contribution in [2.75, 3.05) is 0 Å². The Hall–Kier alpha value is -1.49. The summed E-state index contributed by atoms with van der Waals surface area (Å²) in [5.41, 5.74) is 0.213. The van der Waals surface area contributed by atoms with Gasteiger partial charge >= 0.3 is 5.97 Å². The molecule has 0 saturated carbocycles. The highest BCUT2D eigenvalue weighted by molar-refractivity contribution is 6.32. The van der Waals surface area contributed by atoms with Gasteiger partial charge in [-0.3, -0.25) is 9.59 Å². The van der Waals surface area contributed by atoms with E-state index in [9.17, 15) is 9.59 Å². The number of halogens is 1. The quantitative estimate of drug-likeness (QED) is 0.831. The first kappa shape index (κ1) is 12.6. The van der Waals surface area contributed by atoms with Crippen molar-refractivity contribution in [3.05, 3.63) is 23.1 Å². The van der Waals surface area contributed by atoms with Gasteiger partial charge in [0.25, 0.3) is 5.91 Å². The Morgan fingerprint density at radius 3 is 2.75 bits per heavy atom. The van der Waals surface area contributed by atoms with E-state index in [0.29, 0.717) is 6.42 Å². The first-order valence-corrected chi connectivity index (χ1v) is 5.18. The minimum absolute atomic E-state index is 0.00248. The predicted molar refractivity (Wildman–Crippen MR) is 57.5 cm³/mol. The smallest absolute Gasteiger partial charge is 0.305 e. The number of rotatable bonds is 5. The molecule has 0 aliphatic rings. The number of hydrogen-bond acceptors (Lipinski definition) is 3. The van der Waals surface area contributed by atoms with Crippen LogP contribution >= 0.6 is 11.6 Å². The summed E-state index contributed by atoms with van der Waals surface area (Å²) in [6.45, 7) is 1.80. The molecular weight excluding hydrogens is 234 g/mol. The molecule has 0 bridgehead atoms. The number of carbonyl (C=O) groups excluding carboxylic acids is 1. The summed E-state index contributed by atoms with van der Waals surface area (Å²) in [6.07, 6.45) is 1.72. The Kier molecular flexibility index (Phi) is 4.37. The molecule has 0 aromatic carbocycles. The molecule has 0 aliphatic heterocycles. The molecule has 5 nitrogen and oxygen atoms in total. The molecule has 1 rings (SSSR count). The van der Waals surface area contributed by atoms with Crippen molar-refractivity contribution >= 4 is 23.5 Å². The van der Waals surface area contributed by atoms with Crippen LogP contribution in [0.5, 0.6) is 0 Å². The first-order valence-electron chi connectivity index (χ1n) is 4.80. The van der Waals surface area contributed by atoms with E-state index in [0.717, 1.165) is 0 Å². The van der Waals surface area contributed by atoms with Crippen LogP contribution in [0.25, 0.3) is 0 Å². The molecule has 0 radical (unpaired) electrons. The number of carbonyl (C=O) groups is 2. The van der Waals surface area contributed by atoms with Crippen LogP contribution in [0.1, 0.15) is 30.1 Å². The number of furan rings is 1. The Labute approximate surface area is 97.4 Å². The number of hydrogen-bond donors (Lipinski definition) is 2. The fraction of sp³-hybridized carbons (Fsp3) is 0.400. The van der Waals surface area contributed by atoms with Gasteiger partial charge in [0.2, 0.25) is 5.22 Å². The molecule has 0 spiro atoms. The standard InChI is InChI=1S/C10H12ClNO4/c1-2-6(5-8(13)14)12-10(15)7-3-4-16-9(7)11/h3-4,6H,2,5H2,1H3,(H,12,15)(H,13,14). The fourth-order valence-corrected chi connectivity index (χ4v) is 1.43. The van der Waals surface area contributed by atoms with Crippen molar-refractivity contribution in [2.45, 2.75) is 25.8 Å². The average Bonchev–Trinajstić information content (AvgIpc) is 2.62. The molecule has 0 saturated heterocycles. The Balaban J connectivity index is 2.62. The molecule has 6 heteroatoms. The molecule has 2 N–H and O–H groups in total. The van der Waals surface area contributed by atoms with E-state index in [4.69, 9.17) is 21.1 Å². The largest absolute Gasteiger partial charge is 0.481 e. The second-order valence-corrected chi connectivity index (χ2v) is 3.63. The summed E-state index contributed by atoms with van der Waals surface area (Å²) in [5, 5.41) is 11.2. The molecule has 1 unspecified atom stereocenters. The van der Waals surface area contributed by atoms with Crippen LogP contribution in [0.2, 0.25) is 5.22 Å². The first-order chi connectivity index (χ1) is 7.54. The zero-order valence-corrected chi connectivity index (χ0v) is 9.45. The van der Waals surface area contributed by atoms with Crippen LogP contribution in [-0.2, 0) is 4.79 Å². The second-order valence-electron chi connectivity index (χ2n) is 3.28. The van der Waals surface area contributed by atoms with E-state index in [1.54, 1.807) is 6.92 Å². The van der Waals surface area contributed by atoms with Gasteiger partial charge in [-0.2, -0.15) is 0 Å². The van der Waals surface area contributed by atoms with Gasteiger partial charge in [-0.1, -0.05) is 6.92 Å². The van der Waals surface area contributed by atoms with Crippen LogP contribution in [0.4, 0.5) is 0 Å². The maximum atomic E-state index is 11.6. The zero-order valence-electron chi connectivity index (χ0n) is 8.70. The predicted octanol–water partition coefficient (Wildman–Crippen LogP) is 1.92. The van der Waals surface area contributed by atoms with Crippen LogP contribution in [0.15, 0.2) is 16.7 Å². The molecule has 1 amide bonds. The highest BCUT2D eigenvalue weighted by atomic mass is 35.5. The lowest BCUT2D eigenvalue weighted by molar-refractivity contribution is -0.137.